The molecule has 2 aromatic rings. The standard InChI is InChI=1S/C6H6N6S2/c13-11-3-1-7-5(11)9-10-6-8-2-4-12(6)14/h1-4,13-14H. The molecule has 0 spiro atoms. The fraction of sp³-hybridized carbons (Fsp3) is 0. The van der Waals surface area contributed by atoms with E-state index in [1.54, 1.807) is 24.8 Å². The summed E-state index contributed by atoms with van der Waals surface area (Å²) in [6.45, 7) is 0. The van der Waals surface area contributed by atoms with E-state index in [0.29, 0.717) is 11.9 Å². The van der Waals surface area contributed by atoms with Crippen molar-refractivity contribution in [2.45, 2.75) is 0 Å². The largest absolute Gasteiger partial charge is 0.260 e. The lowest BCUT2D eigenvalue weighted by Crippen LogP contribution is -1.77. The van der Waals surface area contributed by atoms with Crippen molar-refractivity contribution in [1.82, 2.24) is 17.9 Å². The highest BCUT2D eigenvalue weighted by Crippen LogP contribution is 2.15. The Labute approximate surface area is 90.8 Å². The summed E-state index contributed by atoms with van der Waals surface area (Å²) in [6, 6.07) is 0. The number of imidazole rings is 2. The molecule has 0 bridgehead atoms. The van der Waals surface area contributed by atoms with Crippen LogP contribution in [0.4, 0.5) is 11.9 Å². The third-order valence-electron chi connectivity index (χ3n) is 1.43. The van der Waals surface area contributed by atoms with Gasteiger partial charge in [-0.25, -0.2) is 9.97 Å². The van der Waals surface area contributed by atoms with E-state index in [0.717, 1.165) is 0 Å². The second kappa shape index (κ2) is 3.84. The fourth-order valence-electron chi connectivity index (χ4n) is 0.811. The van der Waals surface area contributed by atoms with Gasteiger partial charge in [0.1, 0.15) is 0 Å². The van der Waals surface area contributed by atoms with Crippen LogP contribution in [-0.2, 0) is 0 Å². The van der Waals surface area contributed by atoms with Gasteiger partial charge in [0.15, 0.2) is 0 Å². The summed E-state index contributed by atoms with van der Waals surface area (Å²) >= 11 is 8.12. The molecule has 8 heteroatoms. The van der Waals surface area contributed by atoms with Crippen LogP contribution >= 0.6 is 25.6 Å². The van der Waals surface area contributed by atoms with Gasteiger partial charge in [0.2, 0.25) is 0 Å². The molecule has 6 nitrogen and oxygen atoms in total. The molecule has 0 aromatic carbocycles. The Morgan fingerprint density at radius 2 is 1.36 bits per heavy atom. The average molecular weight is 226 g/mol. The number of hydrogen-bond acceptors (Lipinski definition) is 6. The van der Waals surface area contributed by atoms with Gasteiger partial charge in [-0.3, -0.25) is 7.94 Å². The second-order valence-electron chi connectivity index (χ2n) is 2.34. The lowest BCUT2D eigenvalue weighted by molar-refractivity contribution is 1.04. The van der Waals surface area contributed by atoms with Crippen LogP contribution in [0.15, 0.2) is 35.0 Å². The molecule has 2 heterocycles. The van der Waals surface area contributed by atoms with Crippen LogP contribution in [0.2, 0.25) is 0 Å². The Bertz CT molecular complexity index is 416. The minimum absolute atomic E-state index is 0.393. The van der Waals surface area contributed by atoms with Crippen LogP contribution < -0.4 is 0 Å². The van der Waals surface area contributed by atoms with E-state index < -0.39 is 0 Å². The predicted octanol–water partition coefficient (Wildman–Crippen LogP) is 1.88. The Balaban J connectivity index is 2.23. The summed E-state index contributed by atoms with van der Waals surface area (Å²) < 4.78 is 2.91. The van der Waals surface area contributed by atoms with Crippen LogP contribution in [0.3, 0.4) is 0 Å². The van der Waals surface area contributed by atoms with Gasteiger partial charge in [0.25, 0.3) is 11.9 Å². The van der Waals surface area contributed by atoms with Gasteiger partial charge in [-0.2, -0.15) is 0 Å². The molecule has 0 aliphatic rings. The third kappa shape index (κ3) is 1.80. The van der Waals surface area contributed by atoms with Crippen LogP contribution in [0.5, 0.6) is 0 Å². The predicted molar refractivity (Wildman–Crippen MR) is 57.4 cm³/mol. The molecule has 0 unspecified atom stereocenters. The minimum Gasteiger partial charge on any atom is -0.260 e. The first-order valence-corrected chi connectivity index (χ1v) is 4.44. The quantitative estimate of drug-likeness (QED) is 0.606. The zero-order chi connectivity index (χ0) is 9.97. The van der Waals surface area contributed by atoms with E-state index >= 15 is 0 Å². The molecule has 2 aromatic heterocycles. The topological polar surface area (TPSA) is 60.4 Å². The van der Waals surface area contributed by atoms with Crippen molar-refractivity contribution in [3.63, 3.8) is 0 Å². The van der Waals surface area contributed by atoms with Crippen LogP contribution in [0, 0.1) is 0 Å². The molecular formula is C6H6N6S2. The SMILES string of the molecule is Sn1ccnc1N=Nc1nccn1S. The molecule has 14 heavy (non-hydrogen) atoms. The molecule has 0 amide bonds. The maximum Gasteiger partial charge on any atom is 0.259 e. The lowest BCUT2D eigenvalue weighted by Gasteiger charge is -1.91. The minimum atomic E-state index is 0.393. The smallest absolute Gasteiger partial charge is 0.259 e. The molecule has 0 saturated carbocycles. The summed E-state index contributed by atoms with van der Waals surface area (Å²) in [5.41, 5.74) is 0. The Hall–Kier alpha value is -1.28. The number of rotatable bonds is 2. The van der Waals surface area contributed by atoms with Gasteiger partial charge in [-0.15, -0.1) is 10.2 Å². The first-order chi connectivity index (χ1) is 6.77. The normalized spacial score (nSPS) is 11.3. The summed E-state index contributed by atoms with van der Waals surface area (Å²) in [7, 11) is 0. The van der Waals surface area contributed by atoms with Crippen molar-refractivity contribution in [3.05, 3.63) is 24.8 Å². The molecule has 0 saturated heterocycles. The molecule has 0 aliphatic heterocycles. The summed E-state index contributed by atoms with van der Waals surface area (Å²) in [5, 5.41) is 7.67. The Kier molecular flexibility index (Phi) is 2.55. The third-order valence-corrected chi connectivity index (χ3v) is 2.06. The van der Waals surface area contributed by atoms with E-state index in [4.69, 9.17) is 0 Å². The number of azo groups is 1. The molecule has 0 fully saturated rings. The van der Waals surface area contributed by atoms with Crippen molar-refractivity contribution < 1.29 is 0 Å². The van der Waals surface area contributed by atoms with Gasteiger partial charge >= 0.3 is 0 Å². The van der Waals surface area contributed by atoms with Crippen LogP contribution in [-0.4, -0.2) is 17.9 Å². The van der Waals surface area contributed by atoms with Crippen molar-refractivity contribution in [1.29, 1.82) is 0 Å². The van der Waals surface area contributed by atoms with Gasteiger partial charge in [-0.05, 0) is 0 Å². The van der Waals surface area contributed by atoms with E-state index in [9.17, 15) is 0 Å². The highest BCUT2D eigenvalue weighted by molar-refractivity contribution is 7.78. The van der Waals surface area contributed by atoms with Crippen molar-refractivity contribution in [2.24, 2.45) is 10.2 Å². The van der Waals surface area contributed by atoms with E-state index in [2.05, 4.69) is 45.8 Å². The van der Waals surface area contributed by atoms with E-state index in [1.165, 1.54) is 7.94 Å². The van der Waals surface area contributed by atoms with Crippen LogP contribution in [0.1, 0.15) is 0 Å². The van der Waals surface area contributed by atoms with E-state index in [1.807, 2.05) is 0 Å². The number of hydrogen-bond donors (Lipinski definition) is 2. The van der Waals surface area contributed by atoms with Crippen LogP contribution in [0.25, 0.3) is 0 Å². The van der Waals surface area contributed by atoms with Gasteiger partial charge in [0.05, 0.1) is 0 Å². The second-order valence-corrected chi connectivity index (χ2v) is 3.21. The average Bonchev–Trinajstić information content (AvgIpc) is 2.72. The molecule has 0 radical (unpaired) electrons. The van der Waals surface area contributed by atoms with Crippen molar-refractivity contribution >= 4 is 37.5 Å². The number of aromatic nitrogens is 4. The zero-order valence-corrected chi connectivity index (χ0v) is 8.68. The first kappa shape index (κ1) is 9.28. The van der Waals surface area contributed by atoms with Gasteiger partial charge in [0, 0.05) is 24.8 Å². The van der Waals surface area contributed by atoms with Crippen molar-refractivity contribution in [2.75, 3.05) is 0 Å². The molecule has 0 atom stereocenters. The number of nitrogens with zero attached hydrogens (tertiary/aromatic N) is 6. The Morgan fingerprint density at radius 3 is 1.64 bits per heavy atom. The lowest BCUT2D eigenvalue weighted by atomic mass is 11.0. The van der Waals surface area contributed by atoms with E-state index in [-0.39, 0.29) is 0 Å². The zero-order valence-electron chi connectivity index (χ0n) is 6.89. The first-order valence-electron chi connectivity index (χ1n) is 3.64. The summed E-state index contributed by atoms with van der Waals surface area (Å²) in [6.07, 6.45) is 6.47. The highest BCUT2D eigenvalue weighted by atomic mass is 32.1. The molecule has 0 aliphatic carbocycles. The van der Waals surface area contributed by atoms with Gasteiger partial charge < -0.3 is 0 Å². The monoisotopic (exact) mass is 226 g/mol. The maximum absolute atomic E-state index is 4.06. The molecular weight excluding hydrogens is 220 g/mol. The molecule has 2 rings (SSSR count). The van der Waals surface area contributed by atoms with Gasteiger partial charge in [-0.1, -0.05) is 25.6 Å². The summed E-state index contributed by atoms with van der Waals surface area (Å²) in [4.78, 5) is 7.82. The molecule has 0 N–H and O–H groups in total. The Morgan fingerprint density at radius 1 is 0.929 bits per heavy atom. The maximum atomic E-state index is 4.06. The molecule has 72 valence electrons. The highest BCUT2D eigenvalue weighted by Gasteiger charge is 1.99. The van der Waals surface area contributed by atoms with Crippen molar-refractivity contribution in [3.8, 4) is 0 Å². The fourth-order valence-corrected chi connectivity index (χ4v) is 1.11. The summed E-state index contributed by atoms with van der Waals surface area (Å²) in [5.74, 6) is 0.786. The number of thiol groups is 2.